The van der Waals surface area contributed by atoms with Crippen LogP contribution in [0, 0.1) is 0 Å². The van der Waals surface area contributed by atoms with Crippen LogP contribution in [0.4, 0.5) is 0 Å². The van der Waals surface area contributed by atoms with Crippen molar-refractivity contribution >= 4 is 5.91 Å². The lowest BCUT2D eigenvalue weighted by Gasteiger charge is -2.32. The lowest BCUT2D eigenvalue weighted by Crippen LogP contribution is -2.39. The Bertz CT molecular complexity index is 590. The highest BCUT2D eigenvalue weighted by Gasteiger charge is 2.25. The van der Waals surface area contributed by atoms with Gasteiger partial charge in [0.25, 0.3) is 0 Å². The molecule has 0 aliphatic carbocycles. The minimum Gasteiger partial charge on any atom is -0.342 e. The molecule has 1 aliphatic heterocycles. The predicted octanol–water partition coefficient (Wildman–Crippen LogP) is 0.877. The van der Waals surface area contributed by atoms with Gasteiger partial charge in [0.15, 0.2) is 0 Å². The number of hydrogen-bond acceptors (Lipinski definition) is 4. The van der Waals surface area contributed by atoms with E-state index in [1.54, 1.807) is 12.5 Å². The maximum absolute atomic E-state index is 12.4. The minimum atomic E-state index is 0.196. The Hall–Kier alpha value is -2.18. The standard InChI is InChI=1S/C14H20N6O/c1-19-10-16-18-13(19)4-5-14(21)20-8-2-3-11(9-20)12-6-7-15-17-12/h6-7,10-11H,2-5,8-9H2,1H3,(H,15,17)/t11-/m0/s1. The summed E-state index contributed by atoms with van der Waals surface area (Å²) in [7, 11) is 1.90. The molecule has 1 N–H and O–H groups in total. The second-order valence-corrected chi connectivity index (χ2v) is 5.55. The van der Waals surface area contributed by atoms with E-state index in [1.165, 1.54) is 0 Å². The van der Waals surface area contributed by atoms with Crippen molar-refractivity contribution in [2.75, 3.05) is 13.1 Å². The van der Waals surface area contributed by atoms with Crippen molar-refractivity contribution in [1.82, 2.24) is 29.9 Å². The first-order chi connectivity index (χ1) is 10.2. The Morgan fingerprint density at radius 1 is 1.52 bits per heavy atom. The third-order valence-corrected chi connectivity index (χ3v) is 4.10. The van der Waals surface area contributed by atoms with Crippen LogP contribution in [-0.4, -0.2) is 48.9 Å². The Morgan fingerprint density at radius 2 is 2.43 bits per heavy atom. The maximum atomic E-state index is 12.4. The Labute approximate surface area is 123 Å². The van der Waals surface area contributed by atoms with Gasteiger partial charge >= 0.3 is 0 Å². The molecule has 0 aromatic carbocycles. The number of rotatable bonds is 4. The second-order valence-electron chi connectivity index (χ2n) is 5.55. The molecule has 3 rings (SSSR count). The number of carbonyl (C=O) groups is 1. The van der Waals surface area contributed by atoms with Crippen molar-refractivity contribution in [1.29, 1.82) is 0 Å². The highest BCUT2D eigenvalue weighted by atomic mass is 16.2. The molecule has 1 amide bonds. The average molecular weight is 288 g/mol. The maximum Gasteiger partial charge on any atom is 0.223 e. The fourth-order valence-corrected chi connectivity index (χ4v) is 2.86. The van der Waals surface area contributed by atoms with E-state index in [9.17, 15) is 4.79 Å². The lowest BCUT2D eigenvalue weighted by molar-refractivity contribution is -0.132. The SMILES string of the molecule is Cn1cnnc1CCC(=O)N1CCC[C@H](c2ccn[nH]2)C1. The molecule has 1 aliphatic rings. The zero-order valence-electron chi connectivity index (χ0n) is 12.2. The second kappa shape index (κ2) is 6.07. The third-order valence-electron chi connectivity index (χ3n) is 4.10. The summed E-state index contributed by atoms with van der Waals surface area (Å²) in [4.78, 5) is 14.3. The average Bonchev–Trinajstić information content (AvgIpc) is 3.16. The van der Waals surface area contributed by atoms with Gasteiger partial charge in [-0.3, -0.25) is 9.89 Å². The molecular formula is C14H20N6O. The van der Waals surface area contributed by atoms with Gasteiger partial charge in [0, 0.05) is 50.8 Å². The molecule has 112 valence electrons. The lowest BCUT2D eigenvalue weighted by atomic mass is 9.94. The van der Waals surface area contributed by atoms with Gasteiger partial charge in [-0.05, 0) is 18.9 Å². The number of aromatic nitrogens is 5. The number of amides is 1. The van der Waals surface area contributed by atoms with Gasteiger partial charge in [-0.25, -0.2) is 0 Å². The number of aryl methyl sites for hydroxylation is 2. The van der Waals surface area contributed by atoms with Gasteiger partial charge in [0.05, 0.1) is 0 Å². The van der Waals surface area contributed by atoms with E-state index in [0.29, 0.717) is 18.8 Å². The minimum absolute atomic E-state index is 0.196. The van der Waals surface area contributed by atoms with Crippen LogP contribution in [0.5, 0.6) is 0 Å². The summed E-state index contributed by atoms with van der Waals surface area (Å²) in [6, 6.07) is 2.00. The van der Waals surface area contributed by atoms with Crippen molar-refractivity contribution in [3.63, 3.8) is 0 Å². The van der Waals surface area contributed by atoms with Crippen molar-refractivity contribution in [3.8, 4) is 0 Å². The van der Waals surface area contributed by atoms with E-state index < -0.39 is 0 Å². The van der Waals surface area contributed by atoms with E-state index in [1.807, 2.05) is 22.6 Å². The van der Waals surface area contributed by atoms with E-state index >= 15 is 0 Å². The van der Waals surface area contributed by atoms with Gasteiger partial charge in [0.2, 0.25) is 5.91 Å². The summed E-state index contributed by atoms with van der Waals surface area (Å²) >= 11 is 0. The molecule has 1 fully saturated rings. The number of nitrogens with one attached hydrogen (secondary N) is 1. The van der Waals surface area contributed by atoms with Gasteiger partial charge in [-0.15, -0.1) is 10.2 Å². The van der Waals surface area contributed by atoms with E-state index in [-0.39, 0.29) is 5.91 Å². The normalized spacial score (nSPS) is 18.9. The first-order valence-electron chi connectivity index (χ1n) is 7.34. The van der Waals surface area contributed by atoms with E-state index in [0.717, 1.165) is 37.4 Å². The number of H-pyrrole nitrogens is 1. The molecular weight excluding hydrogens is 268 g/mol. The molecule has 1 atom stereocenters. The first-order valence-corrected chi connectivity index (χ1v) is 7.34. The van der Waals surface area contributed by atoms with Crippen LogP contribution in [-0.2, 0) is 18.3 Å². The van der Waals surface area contributed by atoms with Crippen molar-refractivity contribution in [2.24, 2.45) is 7.05 Å². The Morgan fingerprint density at radius 3 is 3.14 bits per heavy atom. The molecule has 7 heteroatoms. The van der Waals surface area contributed by atoms with Gasteiger partial charge in [-0.2, -0.15) is 5.10 Å². The van der Waals surface area contributed by atoms with Gasteiger partial charge in [0.1, 0.15) is 12.2 Å². The quantitative estimate of drug-likeness (QED) is 0.905. The van der Waals surface area contributed by atoms with E-state index in [2.05, 4.69) is 20.4 Å². The first kappa shape index (κ1) is 13.8. The Kier molecular flexibility index (Phi) is 3.98. The smallest absolute Gasteiger partial charge is 0.223 e. The number of likely N-dealkylation sites (tertiary alicyclic amines) is 1. The molecule has 0 unspecified atom stereocenters. The predicted molar refractivity (Wildman–Crippen MR) is 76.5 cm³/mol. The van der Waals surface area contributed by atoms with Crippen LogP contribution in [0.15, 0.2) is 18.6 Å². The van der Waals surface area contributed by atoms with Crippen molar-refractivity contribution < 1.29 is 4.79 Å². The van der Waals surface area contributed by atoms with Crippen LogP contribution in [0.3, 0.4) is 0 Å². The summed E-state index contributed by atoms with van der Waals surface area (Å²) in [6.07, 6.45) is 6.70. The summed E-state index contributed by atoms with van der Waals surface area (Å²) < 4.78 is 1.86. The van der Waals surface area contributed by atoms with Crippen LogP contribution in [0.1, 0.15) is 36.7 Å². The number of carbonyl (C=O) groups excluding carboxylic acids is 1. The summed E-state index contributed by atoms with van der Waals surface area (Å²) in [5.41, 5.74) is 1.13. The fourth-order valence-electron chi connectivity index (χ4n) is 2.86. The number of aromatic amines is 1. The van der Waals surface area contributed by atoms with E-state index in [4.69, 9.17) is 0 Å². The third kappa shape index (κ3) is 3.12. The summed E-state index contributed by atoms with van der Waals surface area (Å²) in [6.45, 7) is 1.63. The summed E-state index contributed by atoms with van der Waals surface area (Å²) in [5.74, 6) is 1.42. The highest BCUT2D eigenvalue weighted by Crippen LogP contribution is 2.25. The molecule has 0 saturated carbocycles. The van der Waals surface area contributed by atoms with Gasteiger partial charge in [-0.1, -0.05) is 0 Å². The zero-order chi connectivity index (χ0) is 14.7. The molecule has 0 spiro atoms. The molecule has 2 aromatic rings. The van der Waals surface area contributed by atoms with Crippen LogP contribution >= 0.6 is 0 Å². The molecule has 0 radical (unpaired) electrons. The number of hydrogen-bond donors (Lipinski definition) is 1. The molecule has 1 saturated heterocycles. The monoisotopic (exact) mass is 288 g/mol. The topological polar surface area (TPSA) is 79.7 Å². The Balaban J connectivity index is 1.56. The number of piperidine rings is 1. The van der Waals surface area contributed by atoms with Crippen molar-refractivity contribution in [3.05, 3.63) is 30.1 Å². The zero-order valence-corrected chi connectivity index (χ0v) is 12.2. The molecule has 0 bridgehead atoms. The molecule has 3 heterocycles. The number of nitrogens with zero attached hydrogens (tertiary/aromatic N) is 5. The van der Waals surface area contributed by atoms with Gasteiger partial charge < -0.3 is 9.47 Å². The molecule has 21 heavy (non-hydrogen) atoms. The highest BCUT2D eigenvalue weighted by molar-refractivity contribution is 5.76. The molecule has 7 nitrogen and oxygen atoms in total. The molecule has 2 aromatic heterocycles. The van der Waals surface area contributed by atoms with Crippen LogP contribution in [0.2, 0.25) is 0 Å². The van der Waals surface area contributed by atoms with Crippen LogP contribution in [0.25, 0.3) is 0 Å². The van der Waals surface area contributed by atoms with Crippen LogP contribution < -0.4 is 0 Å². The van der Waals surface area contributed by atoms with Crippen molar-refractivity contribution in [2.45, 2.75) is 31.6 Å². The fraction of sp³-hybridized carbons (Fsp3) is 0.571. The largest absolute Gasteiger partial charge is 0.342 e. The summed E-state index contributed by atoms with van der Waals surface area (Å²) in [5, 5.41) is 14.9.